The van der Waals surface area contributed by atoms with Gasteiger partial charge in [0.05, 0.1) is 6.20 Å². The Kier molecular flexibility index (Phi) is 1.68. The lowest BCUT2D eigenvalue weighted by Gasteiger charge is -2.04. The molecule has 12 heavy (non-hydrogen) atoms. The molecule has 0 amide bonds. The summed E-state index contributed by atoms with van der Waals surface area (Å²) in [6, 6.07) is 3.68. The number of nitrogens with zero attached hydrogens (tertiary/aromatic N) is 1. The van der Waals surface area contributed by atoms with Gasteiger partial charge in [0.2, 0.25) is 0 Å². The zero-order valence-electron chi connectivity index (χ0n) is 6.36. The third-order valence-electron chi connectivity index (χ3n) is 1.75. The second kappa shape index (κ2) is 2.83. The maximum Gasteiger partial charge on any atom is 0.122 e. The third kappa shape index (κ3) is 1.12. The normalized spacial score (nSPS) is 13.1. The van der Waals surface area contributed by atoms with Gasteiger partial charge in [0.15, 0.2) is 0 Å². The number of hydrogen-bond acceptors (Lipinski definition) is 2. The minimum atomic E-state index is -0.612. The van der Waals surface area contributed by atoms with E-state index in [9.17, 15) is 5.11 Å². The Morgan fingerprint density at radius 2 is 2.42 bits per heavy atom. The predicted molar refractivity (Wildman–Crippen MR) is 43.4 cm³/mol. The molecule has 2 rings (SSSR count). The van der Waals surface area contributed by atoms with E-state index in [-0.39, 0.29) is 0 Å². The van der Waals surface area contributed by atoms with Gasteiger partial charge in [-0.25, -0.2) is 0 Å². The number of aromatic amines is 2. The fourth-order valence-corrected chi connectivity index (χ4v) is 1.10. The van der Waals surface area contributed by atoms with E-state index in [0.29, 0.717) is 0 Å². The highest BCUT2D eigenvalue weighted by Gasteiger charge is 2.10. The van der Waals surface area contributed by atoms with E-state index in [1.165, 1.54) is 0 Å². The Morgan fingerprint density at radius 3 is 3.00 bits per heavy atom. The first kappa shape index (κ1) is 7.12. The van der Waals surface area contributed by atoms with Crippen molar-refractivity contribution < 1.29 is 5.11 Å². The molecule has 0 fully saturated rings. The monoisotopic (exact) mass is 163 g/mol. The third-order valence-corrected chi connectivity index (χ3v) is 1.75. The van der Waals surface area contributed by atoms with Crippen LogP contribution in [0.25, 0.3) is 0 Å². The van der Waals surface area contributed by atoms with Crippen molar-refractivity contribution in [3.05, 3.63) is 42.0 Å². The molecule has 1 unspecified atom stereocenters. The molecule has 2 aromatic heterocycles. The quantitative estimate of drug-likeness (QED) is 0.613. The van der Waals surface area contributed by atoms with Crippen LogP contribution in [0.4, 0.5) is 0 Å². The van der Waals surface area contributed by atoms with Gasteiger partial charge in [-0.15, -0.1) is 0 Å². The summed E-state index contributed by atoms with van der Waals surface area (Å²) in [6.45, 7) is 0. The van der Waals surface area contributed by atoms with Gasteiger partial charge in [-0.05, 0) is 12.1 Å². The fourth-order valence-electron chi connectivity index (χ4n) is 1.10. The van der Waals surface area contributed by atoms with Gasteiger partial charge in [-0.2, -0.15) is 5.10 Å². The van der Waals surface area contributed by atoms with Gasteiger partial charge >= 0.3 is 0 Å². The van der Waals surface area contributed by atoms with Crippen LogP contribution in [0.2, 0.25) is 0 Å². The predicted octanol–water partition coefficient (Wildman–Crippen LogP) is 0.819. The first-order chi connectivity index (χ1) is 5.88. The van der Waals surface area contributed by atoms with Crippen molar-refractivity contribution in [1.29, 1.82) is 0 Å². The molecule has 4 heteroatoms. The van der Waals surface area contributed by atoms with Crippen LogP contribution in [0.1, 0.15) is 17.4 Å². The maximum atomic E-state index is 9.68. The first-order valence-electron chi connectivity index (χ1n) is 3.68. The lowest BCUT2D eigenvalue weighted by molar-refractivity contribution is 0.216. The lowest BCUT2D eigenvalue weighted by atomic mass is 10.1. The molecule has 0 saturated carbocycles. The molecule has 0 aliphatic rings. The highest BCUT2D eigenvalue weighted by Crippen LogP contribution is 2.17. The maximum absolute atomic E-state index is 9.68. The molecule has 0 aliphatic carbocycles. The molecule has 0 saturated heterocycles. The molecule has 62 valence electrons. The molecule has 1 atom stereocenters. The summed E-state index contributed by atoms with van der Waals surface area (Å²) in [4.78, 5) is 2.93. The van der Waals surface area contributed by atoms with Crippen molar-refractivity contribution in [1.82, 2.24) is 15.2 Å². The summed E-state index contributed by atoms with van der Waals surface area (Å²) in [5.74, 6) is 0. The van der Waals surface area contributed by atoms with E-state index >= 15 is 0 Å². The molecular formula is C8H9N3O. The van der Waals surface area contributed by atoms with Crippen LogP contribution in [0.5, 0.6) is 0 Å². The number of nitrogens with one attached hydrogen (secondary N) is 2. The SMILES string of the molecule is OC(c1cn[nH]c1)c1ccc[nH]1. The standard InChI is InChI=1S/C8H9N3O/c12-8(6-4-10-11-5-6)7-2-1-3-9-7/h1-5,8-9,12H,(H,10,11). The first-order valence-corrected chi connectivity index (χ1v) is 3.68. The molecule has 0 spiro atoms. The van der Waals surface area contributed by atoms with Gasteiger partial charge in [0, 0.05) is 23.7 Å². The van der Waals surface area contributed by atoms with Crippen LogP contribution in [-0.2, 0) is 0 Å². The van der Waals surface area contributed by atoms with E-state index < -0.39 is 6.10 Å². The minimum Gasteiger partial charge on any atom is -0.382 e. The Labute approximate surface area is 69.3 Å². The van der Waals surface area contributed by atoms with Crippen LogP contribution in [0, 0.1) is 0 Å². The minimum absolute atomic E-state index is 0.612. The van der Waals surface area contributed by atoms with Gasteiger partial charge in [-0.1, -0.05) is 0 Å². The fraction of sp³-hybridized carbons (Fsp3) is 0.125. The summed E-state index contributed by atoms with van der Waals surface area (Å²) in [5.41, 5.74) is 1.54. The van der Waals surface area contributed by atoms with Gasteiger partial charge < -0.3 is 10.1 Å². The van der Waals surface area contributed by atoms with Gasteiger partial charge in [-0.3, -0.25) is 5.10 Å². The van der Waals surface area contributed by atoms with Crippen molar-refractivity contribution in [3.8, 4) is 0 Å². The second-order valence-electron chi connectivity index (χ2n) is 2.56. The van der Waals surface area contributed by atoms with Crippen LogP contribution in [-0.4, -0.2) is 20.3 Å². The van der Waals surface area contributed by atoms with Crippen molar-refractivity contribution >= 4 is 0 Å². The van der Waals surface area contributed by atoms with E-state index in [2.05, 4.69) is 15.2 Å². The lowest BCUT2D eigenvalue weighted by Crippen LogP contribution is -1.97. The van der Waals surface area contributed by atoms with Crippen molar-refractivity contribution in [2.75, 3.05) is 0 Å². The van der Waals surface area contributed by atoms with E-state index in [4.69, 9.17) is 0 Å². The molecular weight excluding hydrogens is 154 g/mol. The number of aromatic nitrogens is 3. The van der Waals surface area contributed by atoms with Gasteiger partial charge in [0.25, 0.3) is 0 Å². The molecule has 0 aromatic carbocycles. The summed E-state index contributed by atoms with van der Waals surface area (Å²) in [6.07, 6.45) is 4.44. The zero-order chi connectivity index (χ0) is 8.39. The molecule has 2 heterocycles. The molecule has 4 nitrogen and oxygen atoms in total. The number of aliphatic hydroxyl groups is 1. The summed E-state index contributed by atoms with van der Waals surface area (Å²) >= 11 is 0. The van der Waals surface area contributed by atoms with Crippen molar-refractivity contribution in [3.63, 3.8) is 0 Å². The average Bonchev–Trinajstić information content (AvgIpc) is 2.77. The second-order valence-corrected chi connectivity index (χ2v) is 2.56. The Morgan fingerprint density at radius 1 is 1.50 bits per heavy atom. The number of aliphatic hydroxyl groups excluding tert-OH is 1. The smallest absolute Gasteiger partial charge is 0.122 e. The Balaban J connectivity index is 2.27. The van der Waals surface area contributed by atoms with Crippen LogP contribution in [0.3, 0.4) is 0 Å². The molecule has 0 aliphatic heterocycles. The number of H-pyrrole nitrogens is 2. The highest BCUT2D eigenvalue weighted by molar-refractivity contribution is 5.20. The Hall–Kier alpha value is -1.55. The van der Waals surface area contributed by atoms with Crippen LogP contribution in [0.15, 0.2) is 30.7 Å². The van der Waals surface area contributed by atoms with Crippen LogP contribution < -0.4 is 0 Å². The van der Waals surface area contributed by atoms with E-state index in [1.54, 1.807) is 18.6 Å². The molecule has 2 aromatic rings. The Bertz CT molecular complexity index is 291. The summed E-state index contributed by atoms with van der Waals surface area (Å²) in [5, 5.41) is 16.1. The van der Waals surface area contributed by atoms with Crippen molar-refractivity contribution in [2.24, 2.45) is 0 Å². The number of rotatable bonds is 2. The van der Waals surface area contributed by atoms with Crippen molar-refractivity contribution in [2.45, 2.75) is 6.10 Å². The van der Waals surface area contributed by atoms with E-state index in [1.807, 2.05) is 12.1 Å². The average molecular weight is 163 g/mol. The highest BCUT2D eigenvalue weighted by atomic mass is 16.3. The summed E-state index contributed by atoms with van der Waals surface area (Å²) < 4.78 is 0. The summed E-state index contributed by atoms with van der Waals surface area (Å²) in [7, 11) is 0. The van der Waals surface area contributed by atoms with E-state index in [0.717, 1.165) is 11.3 Å². The topological polar surface area (TPSA) is 64.7 Å². The molecule has 0 radical (unpaired) electrons. The van der Waals surface area contributed by atoms with Gasteiger partial charge in [0.1, 0.15) is 6.10 Å². The largest absolute Gasteiger partial charge is 0.382 e. The molecule has 3 N–H and O–H groups in total. The zero-order valence-corrected chi connectivity index (χ0v) is 6.36. The molecule has 0 bridgehead atoms. The van der Waals surface area contributed by atoms with Crippen LogP contribution >= 0.6 is 0 Å². The number of hydrogen-bond donors (Lipinski definition) is 3.